The number of carbonyl (C=O) groups excluding carboxylic acids is 1. The van der Waals surface area contributed by atoms with E-state index in [2.05, 4.69) is 11.3 Å². The molecule has 0 aliphatic heterocycles. The Labute approximate surface area is 59.3 Å². The molecule has 1 saturated carbocycles. The van der Waals surface area contributed by atoms with Crippen LogP contribution in [0.3, 0.4) is 0 Å². The van der Waals surface area contributed by atoms with Gasteiger partial charge in [0.2, 0.25) is 5.79 Å². The monoisotopic (exact) mass is 142 g/mol. The molecule has 0 amide bonds. The van der Waals surface area contributed by atoms with Gasteiger partial charge in [0, 0.05) is 18.4 Å². The van der Waals surface area contributed by atoms with E-state index < -0.39 is 11.8 Å². The molecule has 1 aliphatic carbocycles. The van der Waals surface area contributed by atoms with Crippen molar-refractivity contribution in [3.8, 4) is 0 Å². The summed E-state index contributed by atoms with van der Waals surface area (Å²) in [6.07, 6.45) is 1.10. The van der Waals surface area contributed by atoms with Gasteiger partial charge in [0.05, 0.1) is 0 Å². The summed E-state index contributed by atoms with van der Waals surface area (Å²) in [5, 5.41) is 9.06. The van der Waals surface area contributed by atoms with Gasteiger partial charge in [-0.3, -0.25) is 0 Å². The Balaban J connectivity index is 2.39. The molecule has 0 heterocycles. The minimum absolute atomic E-state index is 0.320. The Bertz CT molecular complexity index is 179. The van der Waals surface area contributed by atoms with Crippen LogP contribution < -0.4 is 0 Å². The molecular formula is C7H10O3. The molecule has 1 rings (SSSR count). The fourth-order valence-electron chi connectivity index (χ4n) is 0.469. The predicted molar refractivity (Wildman–Crippen MR) is 35.1 cm³/mol. The number of rotatable bonds is 2. The third-order valence-corrected chi connectivity index (χ3v) is 1.31. The van der Waals surface area contributed by atoms with Gasteiger partial charge in [0.1, 0.15) is 0 Å². The maximum Gasteiger partial charge on any atom is 0.335 e. The lowest BCUT2D eigenvalue weighted by molar-refractivity contribution is -0.170. The maximum atomic E-state index is 10.7. The average Bonchev–Trinajstić information content (AvgIpc) is 2.47. The molecule has 0 radical (unpaired) electrons. The first-order chi connectivity index (χ1) is 4.53. The van der Waals surface area contributed by atoms with Crippen molar-refractivity contribution in [2.45, 2.75) is 25.6 Å². The third kappa shape index (κ3) is 1.57. The summed E-state index contributed by atoms with van der Waals surface area (Å²) in [4.78, 5) is 10.7. The van der Waals surface area contributed by atoms with Gasteiger partial charge in [0.15, 0.2) is 0 Å². The van der Waals surface area contributed by atoms with E-state index >= 15 is 0 Å². The molecule has 0 aromatic rings. The largest absolute Gasteiger partial charge is 0.430 e. The summed E-state index contributed by atoms with van der Waals surface area (Å²) in [5.41, 5.74) is 0.320. The quantitative estimate of drug-likeness (QED) is 0.348. The van der Waals surface area contributed by atoms with Gasteiger partial charge in [0.25, 0.3) is 0 Å². The van der Waals surface area contributed by atoms with Crippen LogP contribution in [0, 0.1) is 0 Å². The molecule has 0 saturated heterocycles. The number of aliphatic hydroxyl groups is 1. The Morgan fingerprint density at radius 3 is 2.50 bits per heavy atom. The second-order valence-electron chi connectivity index (χ2n) is 2.62. The summed E-state index contributed by atoms with van der Waals surface area (Å²) in [7, 11) is 0. The normalized spacial score (nSPS) is 19.8. The molecule has 1 aliphatic rings. The van der Waals surface area contributed by atoms with Crippen molar-refractivity contribution < 1.29 is 14.6 Å². The minimum Gasteiger partial charge on any atom is -0.430 e. The Morgan fingerprint density at radius 2 is 2.20 bits per heavy atom. The standard InChI is InChI=1S/C7H10O3/c1-5(2)6(8)10-7(9)3-4-7/h9H,1,3-4H2,2H3. The van der Waals surface area contributed by atoms with Crippen LogP contribution in [0.25, 0.3) is 0 Å². The highest BCUT2D eigenvalue weighted by molar-refractivity contribution is 5.87. The van der Waals surface area contributed by atoms with E-state index in [-0.39, 0.29) is 0 Å². The van der Waals surface area contributed by atoms with Gasteiger partial charge in [-0.1, -0.05) is 6.58 Å². The second kappa shape index (κ2) is 2.09. The van der Waals surface area contributed by atoms with Crippen LogP contribution in [-0.4, -0.2) is 16.9 Å². The van der Waals surface area contributed by atoms with Gasteiger partial charge in [-0.15, -0.1) is 0 Å². The second-order valence-corrected chi connectivity index (χ2v) is 2.62. The van der Waals surface area contributed by atoms with Crippen molar-refractivity contribution in [3.63, 3.8) is 0 Å². The molecular weight excluding hydrogens is 132 g/mol. The van der Waals surface area contributed by atoms with Crippen LogP contribution in [0.2, 0.25) is 0 Å². The van der Waals surface area contributed by atoms with Crippen molar-refractivity contribution in [2.24, 2.45) is 0 Å². The number of carbonyl (C=O) groups is 1. The van der Waals surface area contributed by atoms with Crippen molar-refractivity contribution in [3.05, 3.63) is 12.2 Å². The number of hydrogen-bond donors (Lipinski definition) is 1. The zero-order chi connectivity index (χ0) is 7.78. The summed E-state index contributed by atoms with van der Waals surface area (Å²) in [6, 6.07) is 0. The molecule has 0 atom stereocenters. The van der Waals surface area contributed by atoms with E-state index in [1.807, 2.05) is 0 Å². The van der Waals surface area contributed by atoms with Gasteiger partial charge in [-0.25, -0.2) is 4.79 Å². The van der Waals surface area contributed by atoms with Crippen LogP contribution in [0.5, 0.6) is 0 Å². The molecule has 0 spiro atoms. The highest BCUT2D eigenvalue weighted by Crippen LogP contribution is 2.36. The number of ether oxygens (including phenoxy) is 1. The van der Waals surface area contributed by atoms with Crippen molar-refractivity contribution in [1.29, 1.82) is 0 Å². The lowest BCUT2D eigenvalue weighted by atomic mass is 10.4. The molecule has 0 unspecified atom stereocenters. The molecule has 10 heavy (non-hydrogen) atoms. The first-order valence-electron chi connectivity index (χ1n) is 3.15. The van der Waals surface area contributed by atoms with E-state index in [1.54, 1.807) is 6.92 Å². The fourth-order valence-corrected chi connectivity index (χ4v) is 0.469. The van der Waals surface area contributed by atoms with Crippen LogP contribution >= 0.6 is 0 Å². The van der Waals surface area contributed by atoms with E-state index in [0.29, 0.717) is 18.4 Å². The third-order valence-electron chi connectivity index (χ3n) is 1.31. The molecule has 56 valence electrons. The zero-order valence-electron chi connectivity index (χ0n) is 5.89. The fraction of sp³-hybridized carbons (Fsp3) is 0.571. The van der Waals surface area contributed by atoms with Gasteiger partial charge in [-0.05, 0) is 6.92 Å². The SMILES string of the molecule is C=C(C)C(=O)OC1(O)CC1. The Hall–Kier alpha value is -0.830. The molecule has 3 heteroatoms. The van der Waals surface area contributed by atoms with E-state index in [1.165, 1.54) is 0 Å². The van der Waals surface area contributed by atoms with Crippen LogP contribution in [0.4, 0.5) is 0 Å². The van der Waals surface area contributed by atoms with Gasteiger partial charge >= 0.3 is 5.97 Å². The lowest BCUT2D eigenvalue weighted by Crippen LogP contribution is -2.18. The molecule has 0 bridgehead atoms. The topological polar surface area (TPSA) is 46.5 Å². The summed E-state index contributed by atoms with van der Waals surface area (Å²) in [5.74, 6) is -1.67. The van der Waals surface area contributed by atoms with Gasteiger partial charge < -0.3 is 9.84 Å². The molecule has 0 aromatic carbocycles. The van der Waals surface area contributed by atoms with E-state index in [0.717, 1.165) is 0 Å². The average molecular weight is 142 g/mol. The van der Waals surface area contributed by atoms with Crippen LogP contribution in [-0.2, 0) is 9.53 Å². The predicted octanol–water partition coefficient (Wildman–Crippen LogP) is 0.588. The first-order valence-corrected chi connectivity index (χ1v) is 3.15. The highest BCUT2D eigenvalue weighted by Gasteiger charge is 2.44. The first kappa shape index (κ1) is 7.28. The van der Waals surface area contributed by atoms with E-state index in [4.69, 9.17) is 5.11 Å². The summed E-state index contributed by atoms with van der Waals surface area (Å²) >= 11 is 0. The molecule has 0 aromatic heterocycles. The Morgan fingerprint density at radius 1 is 1.70 bits per heavy atom. The van der Waals surface area contributed by atoms with Crippen molar-refractivity contribution in [1.82, 2.24) is 0 Å². The summed E-state index contributed by atoms with van der Waals surface area (Å²) in [6.45, 7) is 4.93. The molecule has 1 N–H and O–H groups in total. The minimum atomic E-state index is -1.16. The van der Waals surface area contributed by atoms with Crippen molar-refractivity contribution in [2.75, 3.05) is 0 Å². The molecule has 3 nitrogen and oxygen atoms in total. The zero-order valence-corrected chi connectivity index (χ0v) is 5.89. The summed E-state index contributed by atoms with van der Waals surface area (Å²) < 4.78 is 4.63. The van der Waals surface area contributed by atoms with Gasteiger partial charge in [-0.2, -0.15) is 0 Å². The smallest absolute Gasteiger partial charge is 0.335 e. The van der Waals surface area contributed by atoms with Crippen molar-refractivity contribution >= 4 is 5.97 Å². The highest BCUT2D eigenvalue weighted by atomic mass is 16.7. The lowest BCUT2D eigenvalue weighted by Gasteiger charge is -2.08. The number of esters is 1. The maximum absolute atomic E-state index is 10.7. The number of hydrogen-bond acceptors (Lipinski definition) is 3. The van der Waals surface area contributed by atoms with Crippen LogP contribution in [0.15, 0.2) is 12.2 Å². The van der Waals surface area contributed by atoms with Crippen LogP contribution in [0.1, 0.15) is 19.8 Å². The Kier molecular flexibility index (Phi) is 1.52. The molecule has 1 fully saturated rings. The van der Waals surface area contributed by atoms with E-state index in [9.17, 15) is 4.79 Å².